The molecule has 0 saturated carbocycles. The highest BCUT2D eigenvalue weighted by molar-refractivity contribution is 6.04. The lowest BCUT2D eigenvalue weighted by molar-refractivity contribution is 0.135. The fraction of sp³-hybridized carbons (Fsp3) is 0.182. The topological polar surface area (TPSA) is 52.4 Å². The second-order valence-electron chi connectivity index (χ2n) is 19.6. The number of hydrogen-bond acceptors (Lipinski definition) is 7. The van der Waals surface area contributed by atoms with Crippen LogP contribution in [0.3, 0.4) is 0 Å². The molecule has 0 N–H and O–H groups in total. The van der Waals surface area contributed by atoms with Gasteiger partial charge >= 0.3 is 0 Å². The van der Waals surface area contributed by atoms with E-state index in [2.05, 4.69) is 202 Å². The molecule has 0 spiro atoms. The zero-order valence-corrected chi connectivity index (χ0v) is 41.3. The van der Waals surface area contributed by atoms with Crippen molar-refractivity contribution in [3.8, 4) is 0 Å². The highest BCUT2D eigenvalue weighted by Crippen LogP contribution is 2.33. The van der Waals surface area contributed by atoms with Gasteiger partial charge in [0, 0.05) is 58.9 Å². The van der Waals surface area contributed by atoms with Gasteiger partial charge in [0.25, 0.3) is 0 Å². The van der Waals surface area contributed by atoms with Gasteiger partial charge in [-0.3, -0.25) is 19.6 Å². The molecule has 3 heterocycles. The first-order valence-electron chi connectivity index (χ1n) is 25.8. The van der Waals surface area contributed by atoms with Gasteiger partial charge < -0.3 is 13.3 Å². The van der Waals surface area contributed by atoms with Gasteiger partial charge in [0.05, 0.1) is 38.4 Å². The van der Waals surface area contributed by atoms with E-state index in [-0.39, 0.29) is 0 Å². The molecular weight excluding hydrogens is 897 g/mol. The molecule has 0 radical (unpaired) electrons. The van der Waals surface area contributed by atoms with Gasteiger partial charge in [-0.1, -0.05) is 146 Å². The van der Waals surface area contributed by atoms with Gasteiger partial charge in [-0.05, 0) is 136 Å². The standard InChI is InChI=1S/C66H60N4O3/c1-7-25-58-49(16-1)40-50-17-2-8-26-59(50)64(58)46-68(43-55-22-13-37-71-55)34-31-67(32-35-69(44-56-23-14-38-72-56)47-65-60-27-9-3-18-51(60)41-52-19-4-10-28-61(52)65)33-36-70(45-57-24-15-39-73-57)48-66-62-29-11-5-20-53(62)42-54-21-6-12-30-63(54)66/h1-30,37-42H,31-36,43-48H2. The number of benzene rings is 9. The van der Waals surface area contributed by atoms with Crippen LogP contribution < -0.4 is 0 Å². The molecule has 0 saturated heterocycles. The Morgan fingerprint density at radius 3 is 0.699 bits per heavy atom. The van der Waals surface area contributed by atoms with E-state index in [1.54, 1.807) is 18.8 Å². The molecule has 0 aliphatic carbocycles. The zero-order chi connectivity index (χ0) is 48.8. The maximum Gasteiger partial charge on any atom is 0.117 e. The van der Waals surface area contributed by atoms with Crippen LogP contribution in [0.2, 0.25) is 0 Å². The van der Waals surface area contributed by atoms with E-state index in [1.807, 2.05) is 18.2 Å². The summed E-state index contributed by atoms with van der Waals surface area (Å²) in [5, 5.41) is 15.4. The fourth-order valence-corrected chi connectivity index (χ4v) is 11.2. The maximum atomic E-state index is 6.09. The molecule has 0 bridgehead atoms. The van der Waals surface area contributed by atoms with Gasteiger partial charge in [-0.2, -0.15) is 0 Å². The molecule has 0 atom stereocenters. The van der Waals surface area contributed by atoms with Gasteiger partial charge in [-0.15, -0.1) is 0 Å². The largest absolute Gasteiger partial charge is 0.468 e. The predicted octanol–water partition coefficient (Wildman–Crippen LogP) is 15.1. The van der Waals surface area contributed by atoms with Crippen LogP contribution in [0.15, 0.2) is 232 Å². The number of rotatable bonds is 21. The Morgan fingerprint density at radius 1 is 0.233 bits per heavy atom. The average Bonchev–Trinajstić information content (AvgIpc) is 4.27. The first kappa shape index (κ1) is 46.3. The molecule has 0 unspecified atom stereocenters. The molecule has 73 heavy (non-hydrogen) atoms. The van der Waals surface area contributed by atoms with Crippen molar-refractivity contribution in [3.05, 3.63) is 253 Å². The molecule has 0 aliphatic rings. The highest BCUT2D eigenvalue weighted by atomic mass is 16.3. The van der Waals surface area contributed by atoms with Crippen LogP contribution in [0.4, 0.5) is 0 Å². The number of hydrogen-bond donors (Lipinski definition) is 0. The van der Waals surface area contributed by atoms with Crippen LogP contribution in [0.1, 0.15) is 34.0 Å². The Hall–Kier alpha value is -7.78. The van der Waals surface area contributed by atoms with Crippen molar-refractivity contribution < 1.29 is 13.3 Å². The number of fused-ring (bicyclic) bond motifs is 6. The summed E-state index contributed by atoms with van der Waals surface area (Å²) in [5.74, 6) is 2.90. The Labute approximate surface area is 427 Å². The van der Waals surface area contributed by atoms with E-state index < -0.39 is 0 Å². The summed E-state index contributed by atoms with van der Waals surface area (Å²) in [6, 6.07) is 72.4. The van der Waals surface area contributed by atoms with Crippen molar-refractivity contribution >= 4 is 64.6 Å². The lowest BCUT2D eigenvalue weighted by atomic mass is 9.96. The van der Waals surface area contributed by atoms with Crippen LogP contribution >= 0.6 is 0 Å². The number of furan rings is 3. The first-order chi connectivity index (χ1) is 36.1. The SMILES string of the molecule is c1coc(CN(CCN(CCN(Cc2ccco2)Cc2c3ccccc3cc3ccccc23)CCN(Cc2ccco2)Cc2c3ccccc3cc3ccccc23)Cc2c3ccccc3cc3ccccc23)c1. The van der Waals surface area contributed by atoms with Crippen LogP contribution in [-0.4, -0.2) is 58.9 Å². The Bertz CT molecular complexity index is 3200. The lowest BCUT2D eigenvalue weighted by Crippen LogP contribution is -2.42. The highest BCUT2D eigenvalue weighted by Gasteiger charge is 2.21. The van der Waals surface area contributed by atoms with E-state index >= 15 is 0 Å². The average molecular weight is 957 g/mol. The molecule has 9 aromatic carbocycles. The Kier molecular flexibility index (Phi) is 13.6. The maximum absolute atomic E-state index is 6.09. The van der Waals surface area contributed by atoms with Crippen molar-refractivity contribution in [2.24, 2.45) is 0 Å². The molecule has 362 valence electrons. The molecule has 7 nitrogen and oxygen atoms in total. The summed E-state index contributed by atoms with van der Waals surface area (Å²) in [4.78, 5) is 10.5. The molecule has 0 amide bonds. The molecule has 3 aromatic heterocycles. The summed E-state index contributed by atoms with van der Waals surface area (Å²) in [5.41, 5.74) is 4.06. The van der Waals surface area contributed by atoms with Crippen molar-refractivity contribution in [3.63, 3.8) is 0 Å². The number of nitrogens with zero attached hydrogens (tertiary/aromatic N) is 4. The van der Waals surface area contributed by atoms with Crippen LogP contribution in [-0.2, 0) is 39.3 Å². The zero-order valence-electron chi connectivity index (χ0n) is 41.3. The second-order valence-corrected chi connectivity index (χ2v) is 19.6. The summed E-state index contributed by atoms with van der Waals surface area (Å²) in [7, 11) is 0. The second kappa shape index (κ2) is 21.5. The first-order valence-corrected chi connectivity index (χ1v) is 25.8. The van der Waals surface area contributed by atoms with Crippen molar-refractivity contribution in [2.75, 3.05) is 39.3 Å². The summed E-state index contributed by atoms with van der Waals surface area (Å²) in [6.07, 6.45) is 5.39. The fourth-order valence-electron chi connectivity index (χ4n) is 11.2. The lowest BCUT2D eigenvalue weighted by Gasteiger charge is -2.32. The predicted molar refractivity (Wildman–Crippen MR) is 299 cm³/mol. The third-order valence-corrected chi connectivity index (χ3v) is 14.9. The van der Waals surface area contributed by atoms with Crippen LogP contribution in [0, 0.1) is 0 Å². The van der Waals surface area contributed by atoms with Crippen LogP contribution in [0.25, 0.3) is 64.6 Å². The summed E-state index contributed by atoms with van der Waals surface area (Å²) in [6.45, 7) is 9.59. The van der Waals surface area contributed by atoms with Crippen molar-refractivity contribution in [1.82, 2.24) is 19.6 Å². The van der Waals surface area contributed by atoms with Gasteiger partial charge in [0.15, 0.2) is 0 Å². The van der Waals surface area contributed by atoms with Crippen molar-refractivity contribution in [2.45, 2.75) is 39.3 Å². The minimum absolute atomic E-state index is 0.704. The van der Waals surface area contributed by atoms with Crippen molar-refractivity contribution in [1.29, 1.82) is 0 Å². The van der Waals surface area contributed by atoms with Gasteiger partial charge in [-0.25, -0.2) is 0 Å². The van der Waals surface area contributed by atoms with Gasteiger partial charge in [0.1, 0.15) is 17.3 Å². The normalized spacial score (nSPS) is 12.2. The molecule has 7 heteroatoms. The molecule has 0 aliphatic heterocycles. The summed E-state index contributed by atoms with van der Waals surface area (Å²) < 4.78 is 18.3. The minimum Gasteiger partial charge on any atom is -0.468 e. The third-order valence-electron chi connectivity index (χ3n) is 14.9. The molecule has 12 aromatic rings. The van der Waals surface area contributed by atoms with E-state index in [0.29, 0.717) is 19.6 Å². The molecule has 12 rings (SSSR count). The van der Waals surface area contributed by atoms with E-state index in [1.165, 1.54) is 81.3 Å². The Balaban J connectivity index is 0.889. The smallest absolute Gasteiger partial charge is 0.117 e. The Morgan fingerprint density at radius 2 is 0.466 bits per heavy atom. The molecular formula is C66H60N4O3. The monoisotopic (exact) mass is 956 g/mol. The van der Waals surface area contributed by atoms with Crippen LogP contribution in [0.5, 0.6) is 0 Å². The third kappa shape index (κ3) is 10.5. The van der Waals surface area contributed by atoms with E-state index in [0.717, 1.165) is 76.2 Å². The summed E-state index contributed by atoms with van der Waals surface area (Å²) >= 11 is 0. The van der Waals surface area contributed by atoms with E-state index in [4.69, 9.17) is 13.3 Å². The van der Waals surface area contributed by atoms with E-state index in [9.17, 15) is 0 Å². The molecule has 0 fully saturated rings. The minimum atomic E-state index is 0.704. The van der Waals surface area contributed by atoms with Gasteiger partial charge in [0.2, 0.25) is 0 Å². The quantitative estimate of drug-likeness (QED) is 0.0665.